The Kier molecular flexibility index (Phi) is 19.9. The molecule has 1 aromatic heterocycles. The van der Waals surface area contributed by atoms with Gasteiger partial charge in [-0.1, -0.05) is 0 Å². The van der Waals surface area contributed by atoms with Gasteiger partial charge in [0.25, 0.3) is 0 Å². The quantitative estimate of drug-likeness (QED) is 0.581. The van der Waals surface area contributed by atoms with E-state index in [-0.39, 0.29) is 30.3 Å². The van der Waals surface area contributed by atoms with E-state index in [1.807, 2.05) is 0 Å². The largest absolute Gasteiger partial charge is 0.412 e. The predicted molar refractivity (Wildman–Crippen MR) is 38.0 cm³/mol. The second-order valence-corrected chi connectivity index (χ2v) is 1.27. The summed E-state index contributed by atoms with van der Waals surface area (Å²) in [6.07, 6.45) is 0. The number of halogens is 2. The molecule has 3 nitrogen and oxygen atoms in total. The molecule has 50 valence electrons. The zero-order valence-corrected chi connectivity index (χ0v) is 6.22. The highest BCUT2D eigenvalue weighted by Crippen LogP contribution is 1.80. The first-order chi connectivity index (χ1) is 2.50. The minimum Gasteiger partial charge on any atom is -0.412 e. The normalized spacial score (nSPS) is 5.00. The molecule has 0 aliphatic heterocycles. The van der Waals surface area contributed by atoms with E-state index >= 15 is 0 Å². The monoisotopic (exact) mass is 176 g/mol. The molecule has 0 saturated carbocycles. The summed E-state index contributed by atoms with van der Waals surface area (Å²) in [5, 5.41) is 6.98. The molecular formula is C2H6Cl2N2OS. The fourth-order valence-corrected chi connectivity index (χ4v) is 0.408. The van der Waals surface area contributed by atoms with Crippen LogP contribution >= 0.6 is 36.2 Å². The van der Waals surface area contributed by atoms with Crippen LogP contribution in [0.5, 0.6) is 0 Å². The fraction of sp³-hybridized carbons (Fsp3) is 0. The van der Waals surface area contributed by atoms with Crippen LogP contribution in [0.25, 0.3) is 0 Å². The summed E-state index contributed by atoms with van der Waals surface area (Å²) in [5.41, 5.74) is 3.36. The lowest BCUT2D eigenvalue weighted by molar-refractivity contribution is 0.824. The van der Waals surface area contributed by atoms with Gasteiger partial charge in [0.05, 0.1) is 0 Å². The van der Waals surface area contributed by atoms with Crippen LogP contribution < -0.4 is 0 Å². The van der Waals surface area contributed by atoms with E-state index in [1.54, 1.807) is 11.0 Å². The third-order valence-corrected chi connectivity index (χ3v) is 0.715. The van der Waals surface area contributed by atoms with E-state index in [1.165, 1.54) is 11.3 Å². The first kappa shape index (κ1) is 15.7. The van der Waals surface area contributed by atoms with Crippen LogP contribution in [0, 0.1) is 0 Å². The van der Waals surface area contributed by atoms with Crippen molar-refractivity contribution >= 4 is 36.2 Å². The Morgan fingerprint density at radius 2 is 1.38 bits per heavy atom. The van der Waals surface area contributed by atoms with Gasteiger partial charge in [0.1, 0.15) is 11.0 Å². The maximum Gasteiger partial charge on any atom is 0.103 e. The summed E-state index contributed by atoms with van der Waals surface area (Å²) in [6.45, 7) is 0. The lowest BCUT2D eigenvalue weighted by atomic mass is 11.6. The standard InChI is InChI=1S/C2H2N2S.2ClH.H2O/c1-3-4-2-5-1;;;/h1-2H;2*1H;1H2. The summed E-state index contributed by atoms with van der Waals surface area (Å²) in [5.74, 6) is 0. The molecule has 8 heavy (non-hydrogen) atoms. The van der Waals surface area contributed by atoms with Gasteiger partial charge >= 0.3 is 0 Å². The molecule has 0 atom stereocenters. The van der Waals surface area contributed by atoms with Crippen molar-refractivity contribution in [2.45, 2.75) is 0 Å². The van der Waals surface area contributed by atoms with Crippen molar-refractivity contribution in [1.29, 1.82) is 0 Å². The second kappa shape index (κ2) is 10.2. The van der Waals surface area contributed by atoms with Crippen molar-refractivity contribution in [2.75, 3.05) is 0 Å². The summed E-state index contributed by atoms with van der Waals surface area (Å²) < 4.78 is 0. The molecule has 0 saturated heterocycles. The summed E-state index contributed by atoms with van der Waals surface area (Å²) in [7, 11) is 0. The fourth-order valence-electron chi connectivity index (χ4n) is 0.136. The first-order valence-corrected chi connectivity index (χ1v) is 2.13. The second-order valence-electron chi connectivity index (χ2n) is 0.578. The maximum atomic E-state index is 3.49. The van der Waals surface area contributed by atoms with Gasteiger partial charge in [0, 0.05) is 0 Å². The molecule has 0 bridgehead atoms. The van der Waals surface area contributed by atoms with E-state index < -0.39 is 0 Å². The van der Waals surface area contributed by atoms with Gasteiger partial charge in [-0.2, -0.15) is 0 Å². The molecule has 0 unspecified atom stereocenters. The molecule has 0 aliphatic rings. The SMILES string of the molecule is Cl.Cl.O.c1nncs1. The van der Waals surface area contributed by atoms with E-state index in [4.69, 9.17) is 0 Å². The average molecular weight is 177 g/mol. The van der Waals surface area contributed by atoms with Gasteiger partial charge in [0.15, 0.2) is 0 Å². The summed E-state index contributed by atoms with van der Waals surface area (Å²) in [6, 6.07) is 0. The minimum atomic E-state index is 0. The summed E-state index contributed by atoms with van der Waals surface area (Å²) in [4.78, 5) is 0. The third-order valence-electron chi connectivity index (χ3n) is 0.283. The molecule has 1 aromatic rings. The smallest absolute Gasteiger partial charge is 0.103 e. The topological polar surface area (TPSA) is 57.3 Å². The lowest BCUT2D eigenvalue weighted by Crippen LogP contribution is -1.53. The Balaban J connectivity index is -0.0000000833. The van der Waals surface area contributed by atoms with Crippen LogP contribution in [0.2, 0.25) is 0 Å². The van der Waals surface area contributed by atoms with Crippen molar-refractivity contribution in [1.82, 2.24) is 10.2 Å². The van der Waals surface area contributed by atoms with Gasteiger partial charge in [-0.3, -0.25) is 0 Å². The lowest BCUT2D eigenvalue weighted by Gasteiger charge is -1.41. The molecule has 0 spiro atoms. The number of nitrogens with zero attached hydrogens (tertiary/aromatic N) is 2. The van der Waals surface area contributed by atoms with Crippen molar-refractivity contribution < 1.29 is 5.48 Å². The van der Waals surface area contributed by atoms with E-state index in [0.29, 0.717) is 0 Å². The van der Waals surface area contributed by atoms with Gasteiger partial charge in [-0.15, -0.1) is 46.3 Å². The van der Waals surface area contributed by atoms with Crippen LogP contribution in [0.4, 0.5) is 0 Å². The third kappa shape index (κ3) is 6.10. The highest BCUT2D eigenvalue weighted by Gasteiger charge is 1.60. The van der Waals surface area contributed by atoms with Crippen LogP contribution in [0.1, 0.15) is 0 Å². The van der Waals surface area contributed by atoms with Crippen LogP contribution in [-0.4, -0.2) is 15.7 Å². The first-order valence-electron chi connectivity index (χ1n) is 1.19. The highest BCUT2D eigenvalue weighted by molar-refractivity contribution is 7.07. The average Bonchev–Trinajstić information content (AvgIpc) is 1.76. The van der Waals surface area contributed by atoms with Gasteiger partial charge in [-0.05, 0) is 0 Å². The highest BCUT2D eigenvalue weighted by atomic mass is 35.5. The molecule has 0 fully saturated rings. The van der Waals surface area contributed by atoms with E-state index in [9.17, 15) is 0 Å². The Labute approximate surface area is 63.3 Å². The molecule has 0 radical (unpaired) electrons. The maximum absolute atomic E-state index is 3.49. The number of aromatic nitrogens is 2. The zero-order valence-electron chi connectivity index (χ0n) is 3.77. The Bertz CT molecular complexity index is 74.5. The van der Waals surface area contributed by atoms with Gasteiger partial charge in [0.2, 0.25) is 0 Å². The van der Waals surface area contributed by atoms with Crippen molar-refractivity contribution in [3.63, 3.8) is 0 Å². The molecule has 2 N–H and O–H groups in total. The Morgan fingerprint density at radius 1 is 1.00 bits per heavy atom. The van der Waals surface area contributed by atoms with Crippen LogP contribution in [-0.2, 0) is 0 Å². The van der Waals surface area contributed by atoms with Gasteiger partial charge in [-0.25, -0.2) is 0 Å². The molecular weight excluding hydrogens is 171 g/mol. The molecule has 0 amide bonds. The number of hydrogen-bond acceptors (Lipinski definition) is 3. The van der Waals surface area contributed by atoms with Crippen molar-refractivity contribution in [3.05, 3.63) is 11.0 Å². The van der Waals surface area contributed by atoms with Crippen molar-refractivity contribution in [2.24, 2.45) is 0 Å². The van der Waals surface area contributed by atoms with Crippen LogP contribution in [0.15, 0.2) is 11.0 Å². The molecule has 0 aromatic carbocycles. The Morgan fingerprint density at radius 3 is 1.50 bits per heavy atom. The Hall–Kier alpha value is 0.1000. The van der Waals surface area contributed by atoms with E-state index in [2.05, 4.69) is 10.2 Å². The summed E-state index contributed by atoms with van der Waals surface area (Å²) >= 11 is 1.49. The molecule has 1 heterocycles. The van der Waals surface area contributed by atoms with Crippen LogP contribution in [0.3, 0.4) is 0 Å². The van der Waals surface area contributed by atoms with Crippen molar-refractivity contribution in [3.8, 4) is 0 Å². The number of rotatable bonds is 0. The van der Waals surface area contributed by atoms with E-state index in [0.717, 1.165) is 0 Å². The molecule has 1 rings (SSSR count). The molecule has 6 heteroatoms. The van der Waals surface area contributed by atoms with Gasteiger partial charge < -0.3 is 5.48 Å². The molecule has 0 aliphatic carbocycles. The number of hydrogen-bond donors (Lipinski definition) is 0. The predicted octanol–water partition coefficient (Wildman–Crippen LogP) is 0.557. The zero-order chi connectivity index (χ0) is 3.54. The minimum absolute atomic E-state index is 0.